The normalized spacial score (nSPS) is 12.2. The number of nitrogens with zero attached hydrogens (tertiary/aromatic N) is 1. The molecule has 0 aliphatic carbocycles. The second kappa shape index (κ2) is 12.7. The number of imide groups is 1. The lowest BCUT2D eigenvalue weighted by atomic mass is 9.98. The molecule has 190 valence electrons. The van der Waals surface area contributed by atoms with E-state index in [2.05, 4.69) is 4.72 Å². The van der Waals surface area contributed by atoms with E-state index in [0.29, 0.717) is 23.4 Å². The van der Waals surface area contributed by atoms with Gasteiger partial charge in [0.15, 0.2) is 0 Å². The van der Waals surface area contributed by atoms with Crippen molar-refractivity contribution in [3.63, 3.8) is 0 Å². The molecule has 1 unspecified atom stereocenters. The Labute approximate surface area is 209 Å². The van der Waals surface area contributed by atoms with Gasteiger partial charge < -0.3 is 10.2 Å². The van der Waals surface area contributed by atoms with Crippen LogP contribution in [0.2, 0.25) is 5.02 Å². The highest BCUT2D eigenvalue weighted by Gasteiger charge is 2.27. The average molecular weight is 549 g/mol. The van der Waals surface area contributed by atoms with E-state index in [-0.39, 0.29) is 32.3 Å². The van der Waals surface area contributed by atoms with Gasteiger partial charge in [0.25, 0.3) is 0 Å². The number of unbranched alkanes of at least 4 members (excludes halogenated alkanes) is 1. The average Bonchev–Trinajstić information content (AvgIpc) is 3.30. The molecule has 10 nitrogen and oxygen atoms in total. The van der Waals surface area contributed by atoms with Gasteiger partial charge in [-0.1, -0.05) is 24.1 Å². The third-order valence-corrected chi connectivity index (χ3v) is 7.69. The molecule has 2 rings (SSSR count). The SMILES string of the molecule is O=CN(CCC(=O)O)C(=O)C(CCCCNS(=O)(=O)c1cc(C(=O)O)c(Cl)cc1F)c1cccs1. The summed E-state index contributed by atoms with van der Waals surface area (Å²) in [7, 11) is -4.38. The molecule has 0 saturated carbocycles. The molecule has 0 radical (unpaired) electrons. The monoisotopic (exact) mass is 548 g/mol. The summed E-state index contributed by atoms with van der Waals surface area (Å²) in [6.45, 7) is -0.404. The van der Waals surface area contributed by atoms with Gasteiger partial charge in [-0.3, -0.25) is 19.3 Å². The number of aliphatic carboxylic acids is 1. The summed E-state index contributed by atoms with van der Waals surface area (Å²) in [5.74, 6) is -5.15. The van der Waals surface area contributed by atoms with Crippen LogP contribution in [-0.4, -0.2) is 60.9 Å². The number of rotatable bonds is 14. The Balaban J connectivity index is 2.02. The number of halogens is 2. The Bertz CT molecular complexity index is 1190. The first-order valence-corrected chi connectivity index (χ1v) is 12.9. The molecular weight excluding hydrogens is 527 g/mol. The van der Waals surface area contributed by atoms with Gasteiger partial charge in [0.1, 0.15) is 10.7 Å². The predicted octanol–water partition coefficient (Wildman–Crippen LogP) is 2.93. The van der Waals surface area contributed by atoms with Gasteiger partial charge in [0, 0.05) is 18.0 Å². The molecule has 1 aromatic carbocycles. The van der Waals surface area contributed by atoms with E-state index in [4.69, 9.17) is 21.8 Å². The number of carbonyl (C=O) groups is 4. The van der Waals surface area contributed by atoms with Gasteiger partial charge in [-0.2, -0.15) is 0 Å². The van der Waals surface area contributed by atoms with Gasteiger partial charge in [0.2, 0.25) is 22.3 Å². The first kappa shape index (κ1) is 28.4. The van der Waals surface area contributed by atoms with E-state index >= 15 is 0 Å². The summed E-state index contributed by atoms with van der Waals surface area (Å²) in [5, 5.41) is 19.2. The number of benzene rings is 1. The predicted molar refractivity (Wildman–Crippen MR) is 124 cm³/mol. The summed E-state index contributed by atoms with van der Waals surface area (Å²) in [5.41, 5.74) is -0.562. The number of thiophene rings is 1. The van der Waals surface area contributed by atoms with Crippen molar-refractivity contribution in [1.82, 2.24) is 9.62 Å². The van der Waals surface area contributed by atoms with Crippen molar-refractivity contribution in [2.45, 2.75) is 36.5 Å². The molecule has 14 heteroatoms. The maximum Gasteiger partial charge on any atom is 0.337 e. The molecule has 0 aliphatic heterocycles. The van der Waals surface area contributed by atoms with Crippen LogP contribution in [0.4, 0.5) is 4.39 Å². The molecule has 0 bridgehead atoms. The molecule has 1 aromatic heterocycles. The smallest absolute Gasteiger partial charge is 0.337 e. The molecule has 1 atom stereocenters. The standard InChI is InChI=1S/C21H22ClFN2O8S2/c22-15-11-16(23)18(10-14(15)21(30)31)35(32,33)24-7-2-1-4-13(17-5-3-9-34-17)20(29)25(12-26)8-6-19(27)28/h3,5,9-13,24H,1-2,4,6-8H2,(H,27,28)(H,30,31). The first-order valence-electron chi connectivity index (χ1n) is 10.2. The van der Waals surface area contributed by atoms with Gasteiger partial charge in [-0.05, 0) is 36.4 Å². The molecule has 0 saturated heterocycles. The second-order valence-electron chi connectivity index (χ2n) is 7.31. The number of carbonyl (C=O) groups excluding carboxylic acids is 2. The maximum atomic E-state index is 14.1. The molecule has 1 heterocycles. The van der Waals surface area contributed by atoms with Crippen LogP contribution in [0.15, 0.2) is 34.5 Å². The van der Waals surface area contributed by atoms with Crippen LogP contribution < -0.4 is 4.72 Å². The number of hydrogen-bond acceptors (Lipinski definition) is 7. The van der Waals surface area contributed by atoms with E-state index in [1.807, 2.05) is 0 Å². The van der Waals surface area contributed by atoms with Crippen molar-refractivity contribution >= 4 is 57.2 Å². The van der Waals surface area contributed by atoms with Crippen LogP contribution in [0.25, 0.3) is 0 Å². The lowest BCUT2D eigenvalue weighted by Crippen LogP contribution is -2.35. The summed E-state index contributed by atoms with van der Waals surface area (Å²) in [4.78, 5) is 46.8. The quantitative estimate of drug-likeness (QED) is 0.240. The minimum atomic E-state index is -4.38. The Hall–Kier alpha value is -2.87. The van der Waals surface area contributed by atoms with Crippen LogP contribution in [0, 0.1) is 5.82 Å². The third kappa shape index (κ3) is 7.82. The zero-order valence-corrected chi connectivity index (χ0v) is 20.5. The number of sulfonamides is 1. The minimum absolute atomic E-state index is 0.130. The van der Waals surface area contributed by atoms with E-state index in [0.717, 1.165) is 4.90 Å². The number of aromatic carboxylic acids is 1. The zero-order chi connectivity index (χ0) is 26.2. The van der Waals surface area contributed by atoms with Crippen molar-refractivity contribution in [1.29, 1.82) is 0 Å². The molecule has 0 fully saturated rings. The van der Waals surface area contributed by atoms with E-state index < -0.39 is 61.5 Å². The zero-order valence-electron chi connectivity index (χ0n) is 18.1. The molecule has 0 spiro atoms. The van der Waals surface area contributed by atoms with Crippen molar-refractivity contribution in [3.05, 3.63) is 50.9 Å². The van der Waals surface area contributed by atoms with Crippen molar-refractivity contribution in [2.75, 3.05) is 13.1 Å². The number of nitrogens with one attached hydrogen (secondary N) is 1. The molecule has 35 heavy (non-hydrogen) atoms. The van der Waals surface area contributed by atoms with Gasteiger partial charge in [0.05, 0.1) is 22.9 Å². The fourth-order valence-corrected chi connectivity index (χ4v) is 5.41. The highest BCUT2D eigenvalue weighted by atomic mass is 35.5. The van der Waals surface area contributed by atoms with Crippen LogP contribution in [-0.2, 0) is 24.4 Å². The molecule has 2 aromatic rings. The summed E-state index contributed by atoms with van der Waals surface area (Å²) in [6.07, 6.45) is 0.717. The first-order chi connectivity index (χ1) is 16.5. The highest BCUT2D eigenvalue weighted by Crippen LogP contribution is 2.28. The van der Waals surface area contributed by atoms with Gasteiger partial charge in [-0.15, -0.1) is 11.3 Å². The van der Waals surface area contributed by atoms with Crippen LogP contribution in [0.1, 0.15) is 46.8 Å². The maximum absolute atomic E-state index is 14.1. The number of amides is 2. The Kier molecular flexibility index (Phi) is 10.3. The van der Waals surface area contributed by atoms with Crippen molar-refractivity contribution < 1.29 is 42.2 Å². The molecular formula is C21H22ClFN2O8S2. The lowest BCUT2D eigenvalue weighted by molar-refractivity contribution is -0.141. The van der Waals surface area contributed by atoms with Crippen LogP contribution in [0.3, 0.4) is 0 Å². The topological polar surface area (TPSA) is 158 Å². The largest absolute Gasteiger partial charge is 0.481 e. The lowest BCUT2D eigenvalue weighted by Gasteiger charge is -2.21. The molecule has 3 N–H and O–H groups in total. The summed E-state index contributed by atoms with van der Waals surface area (Å²) in [6, 6.07) is 4.68. The summed E-state index contributed by atoms with van der Waals surface area (Å²) >= 11 is 6.93. The molecule has 2 amide bonds. The highest BCUT2D eigenvalue weighted by molar-refractivity contribution is 7.89. The van der Waals surface area contributed by atoms with Crippen LogP contribution in [0.5, 0.6) is 0 Å². The Morgan fingerprint density at radius 1 is 1.23 bits per heavy atom. The molecule has 0 aliphatic rings. The second-order valence-corrected chi connectivity index (χ2v) is 10.4. The van der Waals surface area contributed by atoms with Crippen molar-refractivity contribution in [3.8, 4) is 0 Å². The van der Waals surface area contributed by atoms with Crippen molar-refractivity contribution in [2.24, 2.45) is 0 Å². The Morgan fingerprint density at radius 2 is 1.94 bits per heavy atom. The van der Waals surface area contributed by atoms with Gasteiger partial charge in [-0.25, -0.2) is 22.3 Å². The number of carboxylic acids is 2. The number of hydrogen-bond donors (Lipinski definition) is 3. The Morgan fingerprint density at radius 3 is 2.51 bits per heavy atom. The minimum Gasteiger partial charge on any atom is -0.481 e. The fourth-order valence-electron chi connectivity index (χ4n) is 3.16. The third-order valence-electron chi connectivity index (χ3n) is 4.91. The fraction of sp³-hybridized carbons (Fsp3) is 0.333. The van der Waals surface area contributed by atoms with E-state index in [9.17, 15) is 32.0 Å². The van der Waals surface area contributed by atoms with E-state index in [1.165, 1.54) is 11.3 Å². The van der Waals surface area contributed by atoms with Gasteiger partial charge >= 0.3 is 11.9 Å². The number of carboxylic acid groups (broad SMARTS) is 2. The van der Waals surface area contributed by atoms with Crippen LogP contribution >= 0.6 is 22.9 Å². The summed E-state index contributed by atoms with van der Waals surface area (Å²) < 4.78 is 41.2. The van der Waals surface area contributed by atoms with E-state index in [1.54, 1.807) is 17.5 Å².